The Labute approximate surface area is 274 Å². The van der Waals surface area contributed by atoms with Gasteiger partial charge in [0.2, 0.25) is 0 Å². The van der Waals surface area contributed by atoms with E-state index in [0.717, 1.165) is 31.8 Å². The first-order valence-electron chi connectivity index (χ1n) is 16.0. The van der Waals surface area contributed by atoms with E-state index in [2.05, 4.69) is 20.2 Å². The van der Waals surface area contributed by atoms with Crippen LogP contribution in [0, 0.1) is 0 Å². The van der Waals surface area contributed by atoms with E-state index < -0.39 is 0 Å². The molecule has 1 aliphatic heterocycles. The number of ether oxygens (including phenoxy) is 4. The molecule has 0 atom stereocenters. The molecule has 6 rings (SSSR count). The predicted octanol–water partition coefficient (Wildman–Crippen LogP) is 6.19. The summed E-state index contributed by atoms with van der Waals surface area (Å²) in [5, 5.41) is 4.07. The first-order chi connectivity index (χ1) is 23.1. The normalized spacial score (nSPS) is 14.7. The van der Waals surface area contributed by atoms with Crippen LogP contribution in [0.3, 0.4) is 0 Å². The summed E-state index contributed by atoms with van der Waals surface area (Å²) in [6.45, 7) is 4.81. The third-order valence-corrected chi connectivity index (χ3v) is 8.05. The first-order valence-corrected chi connectivity index (χ1v) is 16.0. The van der Waals surface area contributed by atoms with E-state index in [1.54, 1.807) is 13.2 Å². The van der Waals surface area contributed by atoms with Gasteiger partial charge in [-0.1, -0.05) is 18.2 Å². The summed E-state index contributed by atoms with van der Waals surface area (Å²) in [5.41, 5.74) is 2.03. The average molecular weight is 635 g/mol. The lowest BCUT2D eigenvalue weighted by Gasteiger charge is -2.18. The molecule has 1 aliphatic carbocycles. The molecule has 0 radical (unpaired) electrons. The molecule has 3 aromatic carbocycles. The minimum absolute atomic E-state index is 0.262. The Kier molecular flexibility index (Phi) is 10.4. The van der Waals surface area contributed by atoms with Gasteiger partial charge in [-0.3, -0.25) is 9.59 Å². The average Bonchev–Trinajstić information content (AvgIpc) is 3.62. The number of aromatic nitrogens is 2. The van der Waals surface area contributed by atoms with Crippen molar-refractivity contribution in [1.29, 1.82) is 0 Å². The molecule has 0 spiro atoms. The highest BCUT2D eigenvalue weighted by Crippen LogP contribution is 2.37. The van der Waals surface area contributed by atoms with Crippen molar-refractivity contribution >= 4 is 39.5 Å². The van der Waals surface area contributed by atoms with Gasteiger partial charge in [0.25, 0.3) is 0 Å². The molecular formula is C37H38N4O6. The van der Waals surface area contributed by atoms with Crippen LogP contribution in [0.1, 0.15) is 31.2 Å². The Balaban J connectivity index is 1.20. The summed E-state index contributed by atoms with van der Waals surface area (Å²) in [6.07, 6.45) is 9.48. The molecule has 47 heavy (non-hydrogen) atoms. The minimum atomic E-state index is -0.276. The van der Waals surface area contributed by atoms with Crippen LogP contribution in [-0.4, -0.2) is 73.0 Å². The summed E-state index contributed by atoms with van der Waals surface area (Å²) in [7, 11) is 1.60. The molecule has 0 saturated carbocycles. The topological polar surface area (TPSA) is 112 Å². The van der Waals surface area contributed by atoms with Gasteiger partial charge in [0, 0.05) is 41.2 Å². The van der Waals surface area contributed by atoms with Gasteiger partial charge in [-0.05, 0) is 87.0 Å². The summed E-state index contributed by atoms with van der Waals surface area (Å²) >= 11 is 0. The highest BCUT2D eigenvalue weighted by molar-refractivity contribution is 6.34. The third-order valence-electron chi connectivity index (χ3n) is 8.05. The Morgan fingerprint density at radius 2 is 1.60 bits per heavy atom. The zero-order valence-corrected chi connectivity index (χ0v) is 26.4. The van der Waals surface area contributed by atoms with E-state index in [9.17, 15) is 9.59 Å². The standard InChI is InChI=1S/C37H38N4O6/c1-44-35-23-31-33(24-36(35)47-18-7-17-41-15-5-6-16-41)38-25-39-37(31)40-32-13-12-28(22-29(32)30-21-26(42)11-14-34(30)43)46-20-8-19-45-27-9-3-2-4-10-27/h2-4,9-14,21-25H,5-8,15-20H2,1H3,(H,38,39,40). The molecule has 0 bridgehead atoms. The van der Waals surface area contributed by atoms with Crippen molar-refractivity contribution in [3.63, 3.8) is 0 Å². The van der Waals surface area contributed by atoms with Crippen molar-refractivity contribution < 1.29 is 28.5 Å². The smallest absolute Gasteiger partial charge is 0.186 e. The predicted molar refractivity (Wildman–Crippen MR) is 181 cm³/mol. The van der Waals surface area contributed by atoms with Crippen molar-refractivity contribution in [2.75, 3.05) is 51.9 Å². The molecule has 1 aromatic heterocycles. The fourth-order valence-corrected chi connectivity index (χ4v) is 5.66. The number of hydrogen-bond donors (Lipinski definition) is 1. The molecule has 1 N–H and O–H groups in total. The van der Waals surface area contributed by atoms with Crippen LogP contribution >= 0.6 is 0 Å². The molecule has 2 heterocycles. The quantitative estimate of drug-likeness (QED) is 0.120. The van der Waals surface area contributed by atoms with Gasteiger partial charge in [-0.25, -0.2) is 9.97 Å². The van der Waals surface area contributed by atoms with Crippen LogP contribution in [0.15, 0.2) is 85.2 Å². The van der Waals surface area contributed by atoms with Crippen molar-refractivity contribution in [2.45, 2.75) is 25.7 Å². The molecule has 4 aromatic rings. The lowest BCUT2D eigenvalue weighted by Crippen LogP contribution is -2.21. The van der Waals surface area contributed by atoms with E-state index >= 15 is 0 Å². The second kappa shape index (κ2) is 15.4. The van der Waals surface area contributed by atoms with Crippen LogP contribution in [-0.2, 0) is 9.59 Å². The highest BCUT2D eigenvalue weighted by atomic mass is 16.5. The van der Waals surface area contributed by atoms with Crippen molar-refractivity contribution in [2.24, 2.45) is 0 Å². The Morgan fingerprint density at radius 1 is 0.809 bits per heavy atom. The Bertz CT molecular complexity index is 1780. The molecule has 0 unspecified atom stereocenters. The largest absolute Gasteiger partial charge is 0.493 e. The number of nitrogens with one attached hydrogen (secondary N) is 1. The Morgan fingerprint density at radius 3 is 2.40 bits per heavy atom. The maximum Gasteiger partial charge on any atom is 0.186 e. The first kappa shape index (κ1) is 31.7. The number of para-hydroxylation sites is 1. The van der Waals surface area contributed by atoms with E-state index in [0.29, 0.717) is 71.5 Å². The van der Waals surface area contributed by atoms with Gasteiger partial charge in [0.1, 0.15) is 23.6 Å². The SMILES string of the molecule is COc1cc2c(Nc3ccc(OCCCOc4ccccc4)cc3C3=CC(=O)C=CC3=O)ncnc2cc1OCCCN1CCCC1. The maximum atomic E-state index is 13.0. The highest BCUT2D eigenvalue weighted by Gasteiger charge is 2.21. The summed E-state index contributed by atoms with van der Waals surface area (Å²) in [4.78, 5) is 36.7. The molecule has 0 amide bonds. The van der Waals surface area contributed by atoms with Crippen LogP contribution in [0.4, 0.5) is 11.5 Å². The van der Waals surface area contributed by atoms with Crippen LogP contribution in [0.2, 0.25) is 0 Å². The van der Waals surface area contributed by atoms with Crippen molar-refractivity contribution in [1.82, 2.24) is 14.9 Å². The zero-order chi connectivity index (χ0) is 32.4. The number of allylic oxidation sites excluding steroid dienone is 4. The molecule has 1 fully saturated rings. The number of methoxy groups -OCH3 is 1. The number of likely N-dealkylation sites (tertiary alicyclic amines) is 1. The lowest BCUT2D eigenvalue weighted by molar-refractivity contribution is -0.113. The number of benzene rings is 3. The lowest BCUT2D eigenvalue weighted by atomic mass is 9.94. The molecule has 2 aliphatic rings. The van der Waals surface area contributed by atoms with Crippen molar-refractivity contribution in [3.05, 3.63) is 90.8 Å². The fraction of sp³-hybridized carbons (Fsp3) is 0.297. The second-order valence-electron chi connectivity index (χ2n) is 11.3. The number of nitrogens with zero attached hydrogens (tertiary/aromatic N) is 3. The molecule has 10 nitrogen and oxygen atoms in total. The minimum Gasteiger partial charge on any atom is -0.493 e. The van der Waals surface area contributed by atoms with Crippen LogP contribution < -0.4 is 24.3 Å². The van der Waals surface area contributed by atoms with E-state index in [-0.39, 0.29) is 17.1 Å². The van der Waals surface area contributed by atoms with E-state index in [1.165, 1.54) is 37.4 Å². The second-order valence-corrected chi connectivity index (χ2v) is 11.3. The number of ketones is 2. The van der Waals surface area contributed by atoms with Gasteiger partial charge >= 0.3 is 0 Å². The summed E-state index contributed by atoms with van der Waals surface area (Å²) in [5.74, 6) is 2.51. The van der Waals surface area contributed by atoms with Gasteiger partial charge < -0.3 is 29.2 Å². The molecule has 1 saturated heterocycles. The monoisotopic (exact) mass is 634 g/mol. The fourth-order valence-electron chi connectivity index (χ4n) is 5.66. The summed E-state index contributed by atoms with van der Waals surface area (Å²) in [6, 6.07) is 18.7. The number of anilines is 2. The van der Waals surface area contributed by atoms with Gasteiger partial charge in [-0.15, -0.1) is 0 Å². The zero-order valence-electron chi connectivity index (χ0n) is 26.4. The number of hydrogen-bond acceptors (Lipinski definition) is 10. The van der Waals surface area contributed by atoms with Gasteiger partial charge in [0.15, 0.2) is 23.1 Å². The van der Waals surface area contributed by atoms with E-state index in [4.69, 9.17) is 18.9 Å². The van der Waals surface area contributed by atoms with E-state index in [1.807, 2.05) is 54.6 Å². The van der Waals surface area contributed by atoms with Gasteiger partial charge in [0.05, 0.1) is 32.4 Å². The molecular weight excluding hydrogens is 596 g/mol. The number of rotatable bonds is 15. The van der Waals surface area contributed by atoms with Crippen molar-refractivity contribution in [3.8, 4) is 23.0 Å². The third kappa shape index (κ3) is 8.14. The number of carbonyl (C=O) groups is 2. The molecule has 10 heteroatoms. The van der Waals surface area contributed by atoms with Gasteiger partial charge in [-0.2, -0.15) is 0 Å². The number of carbonyl (C=O) groups excluding carboxylic acids is 2. The maximum absolute atomic E-state index is 13.0. The molecule has 242 valence electrons. The van der Waals surface area contributed by atoms with Crippen LogP contribution in [0.25, 0.3) is 16.5 Å². The van der Waals surface area contributed by atoms with Crippen LogP contribution in [0.5, 0.6) is 23.0 Å². The number of fused-ring (bicyclic) bond motifs is 1. The Hall–Kier alpha value is -5.22. The summed E-state index contributed by atoms with van der Waals surface area (Å²) < 4.78 is 23.6.